The maximum Gasteiger partial charge on any atom is 0.331 e. The van der Waals surface area contributed by atoms with Gasteiger partial charge in [0.25, 0.3) is 5.56 Å². The third-order valence-corrected chi connectivity index (χ3v) is 4.49. The Labute approximate surface area is 131 Å². The van der Waals surface area contributed by atoms with E-state index in [2.05, 4.69) is 0 Å². The predicted molar refractivity (Wildman–Crippen MR) is 84.2 cm³/mol. The molecule has 1 aromatic heterocycles. The molecule has 0 aliphatic heterocycles. The molecular formula is C15H15N3O3S. The van der Waals surface area contributed by atoms with E-state index in [0.717, 1.165) is 15.9 Å². The maximum atomic E-state index is 12.0. The summed E-state index contributed by atoms with van der Waals surface area (Å²) < 4.78 is 7.53. The van der Waals surface area contributed by atoms with Gasteiger partial charge in [0.05, 0.1) is 7.11 Å². The van der Waals surface area contributed by atoms with Crippen LogP contribution < -0.4 is 16.0 Å². The van der Waals surface area contributed by atoms with Crippen molar-refractivity contribution in [1.29, 1.82) is 5.26 Å². The average molecular weight is 317 g/mol. The number of thioether (sulfide) groups is 1. The van der Waals surface area contributed by atoms with Crippen LogP contribution in [0.4, 0.5) is 0 Å². The van der Waals surface area contributed by atoms with Crippen LogP contribution in [0.15, 0.2) is 38.9 Å². The second kappa shape index (κ2) is 6.54. The molecule has 0 aliphatic carbocycles. The molecule has 0 atom stereocenters. The summed E-state index contributed by atoms with van der Waals surface area (Å²) in [5.41, 5.74) is -0.129. The molecular weight excluding hydrogens is 302 g/mol. The maximum absolute atomic E-state index is 12.0. The van der Waals surface area contributed by atoms with Gasteiger partial charge in [-0.2, -0.15) is 5.26 Å². The topological polar surface area (TPSA) is 77.0 Å². The van der Waals surface area contributed by atoms with Gasteiger partial charge in [-0.15, -0.1) is 11.8 Å². The van der Waals surface area contributed by atoms with Crippen molar-refractivity contribution in [2.24, 2.45) is 14.1 Å². The van der Waals surface area contributed by atoms with Crippen molar-refractivity contribution in [3.8, 4) is 11.8 Å². The van der Waals surface area contributed by atoms with Crippen molar-refractivity contribution in [2.45, 2.75) is 10.8 Å². The molecule has 22 heavy (non-hydrogen) atoms. The van der Waals surface area contributed by atoms with Gasteiger partial charge >= 0.3 is 5.69 Å². The van der Waals surface area contributed by atoms with E-state index in [1.165, 1.54) is 23.4 Å². The fraction of sp³-hybridized carbons (Fsp3) is 0.267. The van der Waals surface area contributed by atoms with Crippen molar-refractivity contribution >= 4 is 11.8 Å². The summed E-state index contributed by atoms with van der Waals surface area (Å²) in [6, 6.07) is 9.37. The Hall–Kier alpha value is -2.46. The first kappa shape index (κ1) is 15.9. The minimum Gasteiger partial charge on any atom is -0.496 e. The quantitative estimate of drug-likeness (QED) is 0.626. The molecule has 0 amide bonds. The van der Waals surface area contributed by atoms with Crippen LogP contribution in [0, 0.1) is 11.3 Å². The average Bonchev–Trinajstić information content (AvgIpc) is 2.55. The van der Waals surface area contributed by atoms with E-state index < -0.39 is 11.2 Å². The summed E-state index contributed by atoms with van der Waals surface area (Å²) in [6.45, 7) is 0. The van der Waals surface area contributed by atoms with Crippen LogP contribution in [-0.2, 0) is 19.8 Å². The van der Waals surface area contributed by atoms with Crippen molar-refractivity contribution in [3.05, 3.63) is 56.2 Å². The molecule has 0 bridgehead atoms. The zero-order valence-electron chi connectivity index (χ0n) is 12.5. The summed E-state index contributed by atoms with van der Waals surface area (Å²) >= 11 is 1.27. The van der Waals surface area contributed by atoms with Crippen molar-refractivity contribution in [1.82, 2.24) is 9.13 Å². The Bertz CT molecular complexity index is 862. The first-order valence-electron chi connectivity index (χ1n) is 6.46. The SMILES string of the molecule is COc1ccccc1CSc1c(C#N)c(=O)n(C)c(=O)n1C. The molecule has 0 fully saturated rings. The highest BCUT2D eigenvalue weighted by Gasteiger charge is 2.16. The number of para-hydroxylation sites is 1. The molecule has 1 aromatic carbocycles. The number of ether oxygens (including phenoxy) is 1. The standard InChI is InChI=1S/C15H15N3O3S/c1-17-13(19)11(8-16)14(18(2)15(17)20)22-9-10-6-4-5-7-12(10)21-3/h4-7H,9H2,1-3H3. The molecule has 114 valence electrons. The molecule has 6 nitrogen and oxygen atoms in total. The number of rotatable bonds is 4. The third-order valence-electron chi connectivity index (χ3n) is 3.28. The molecule has 0 spiro atoms. The number of methoxy groups -OCH3 is 1. The van der Waals surface area contributed by atoms with Crippen LogP contribution >= 0.6 is 11.8 Å². The number of hydrogen-bond acceptors (Lipinski definition) is 5. The van der Waals surface area contributed by atoms with E-state index in [-0.39, 0.29) is 5.56 Å². The lowest BCUT2D eigenvalue weighted by molar-refractivity contribution is 0.411. The predicted octanol–water partition coefficient (Wildman–Crippen LogP) is 1.26. The van der Waals surface area contributed by atoms with E-state index in [1.54, 1.807) is 14.2 Å². The molecule has 0 saturated heterocycles. The minimum atomic E-state index is -0.576. The summed E-state index contributed by atoms with van der Waals surface area (Å²) in [5, 5.41) is 9.58. The van der Waals surface area contributed by atoms with Crippen molar-refractivity contribution in [2.75, 3.05) is 7.11 Å². The van der Waals surface area contributed by atoms with Gasteiger partial charge in [0.1, 0.15) is 22.4 Å². The van der Waals surface area contributed by atoms with Gasteiger partial charge in [-0.05, 0) is 6.07 Å². The monoisotopic (exact) mass is 317 g/mol. The summed E-state index contributed by atoms with van der Waals surface area (Å²) in [4.78, 5) is 24.0. The van der Waals surface area contributed by atoms with Gasteiger partial charge in [-0.25, -0.2) is 4.79 Å². The van der Waals surface area contributed by atoms with Crippen LogP contribution in [-0.4, -0.2) is 16.2 Å². The molecule has 2 rings (SSSR count). The van der Waals surface area contributed by atoms with Gasteiger partial charge < -0.3 is 4.74 Å². The van der Waals surface area contributed by atoms with Crippen LogP contribution in [0.5, 0.6) is 5.75 Å². The lowest BCUT2D eigenvalue weighted by Crippen LogP contribution is -2.39. The number of hydrogen-bond donors (Lipinski definition) is 0. The minimum absolute atomic E-state index is 0.0236. The highest BCUT2D eigenvalue weighted by atomic mass is 32.2. The third kappa shape index (κ3) is 2.78. The van der Waals surface area contributed by atoms with Crippen LogP contribution in [0.2, 0.25) is 0 Å². The molecule has 0 aliphatic rings. The number of nitriles is 1. The first-order chi connectivity index (χ1) is 10.5. The van der Waals surface area contributed by atoms with Crippen LogP contribution in [0.25, 0.3) is 0 Å². The first-order valence-corrected chi connectivity index (χ1v) is 7.44. The molecule has 0 radical (unpaired) electrons. The van der Waals surface area contributed by atoms with E-state index in [1.807, 2.05) is 30.3 Å². The molecule has 0 N–H and O–H groups in total. The van der Waals surface area contributed by atoms with Gasteiger partial charge in [0.2, 0.25) is 0 Å². The number of benzene rings is 1. The van der Waals surface area contributed by atoms with Gasteiger partial charge in [0.15, 0.2) is 0 Å². The Morgan fingerprint density at radius 2 is 1.91 bits per heavy atom. The largest absolute Gasteiger partial charge is 0.496 e. The van der Waals surface area contributed by atoms with E-state index in [9.17, 15) is 14.9 Å². The second-order valence-electron chi connectivity index (χ2n) is 4.60. The Morgan fingerprint density at radius 3 is 2.55 bits per heavy atom. The molecule has 1 heterocycles. The normalized spacial score (nSPS) is 10.3. The smallest absolute Gasteiger partial charge is 0.331 e. The van der Waals surface area contributed by atoms with Gasteiger partial charge in [-0.3, -0.25) is 13.9 Å². The van der Waals surface area contributed by atoms with Crippen LogP contribution in [0.1, 0.15) is 11.1 Å². The van der Waals surface area contributed by atoms with Gasteiger partial charge in [-0.1, -0.05) is 18.2 Å². The highest BCUT2D eigenvalue weighted by Crippen LogP contribution is 2.27. The lowest BCUT2D eigenvalue weighted by atomic mass is 10.2. The molecule has 0 unspecified atom stereocenters. The molecule has 2 aromatic rings. The molecule has 7 heteroatoms. The molecule has 0 saturated carbocycles. The summed E-state index contributed by atoms with van der Waals surface area (Å²) in [7, 11) is 4.49. The second-order valence-corrected chi connectivity index (χ2v) is 5.56. The van der Waals surface area contributed by atoms with Crippen LogP contribution in [0.3, 0.4) is 0 Å². The fourth-order valence-corrected chi connectivity index (χ4v) is 3.14. The van der Waals surface area contributed by atoms with Crippen molar-refractivity contribution in [3.63, 3.8) is 0 Å². The van der Waals surface area contributed by atoms with Crippen molar-refractivity contribution < 1.29 is 4.74 Å². The Kier molecular flexibility index (Phi) is 4.73. The highest BCUT2D eigenvalue weighted by molar-refractivity contribution is 7.98. The Morgan fingerprint density at radius 1 is 1.23 bits per heavy atom. The van der Waals surface area contributed by atoms with E-state index in [0.29, 0.717) is 10.8 Å². The van der Waals surface area contributed by atoms with E-state index >= 15 is 0 Å². The summed E-state index contributed by atoms with van der Waals surface area (Å²) in [5.74, 6) is 1.21. The zero-order chi connectivity index (χ0) is 16.3. The van der Waals surface area contributed by atoms with E-state index in [4.69, 9.17) is 4.74 Å². The summed E-state index contributed by atoms with van der Waals surface area (Å²) in [6.07, 6.45) is 0. The Balaban J connectivity index is 2.45. The number of aromatic nitrogens is 2. The lowest BCUT2D eigenvalue weighted by Gasteiger charge is -2.12. The number of nitrogens with zero attached hydrogens (tertiary/aromatic N) is 3. The zero-order valence-corrected chi connectivity index (χ0v) is 13.3. The van der Waals surface area contributed by atoms with Gasteiger partial charge in [0, 0.05) is 25.4 Å². The fourth-order valence-electron chi connectivity index (χ4n) is 2.06.